The SMILES string of the molecule is CC(C)c1ccc(C2SCCN2C(=O)Nc2ccc(F)c(F)c2)cc1. The van der Waals surface area contributed by atoms with Gasteiger partial charge in [0.25, 0.3) is 0 Å². The molecule has 3 nitrogen and oxygen atoms in total. The molecule has 6 heteroatoms. The molecule has 0 saturated carbocycles. The fourth-order valence-corrected chi connectivity index (χ4v) is 4.02. The zero-order valence-corrected chi connectivity index (χ0v) is 14.9. The molecule has 1 fully saturated rings. The zero-order chi connectivity index (χ0) is 18.0. The van der Waals surface area contributed by atoms with Gasteiger partial charge in [0, 0.05) is 24.1 Å². The van der Waals surface area contributed by atoms with E-state index in [9.17, 15) is 13.6 Å². The van der Waals surface area contributed by atoms with Crippen molar-refractivity contribution < 1.29 is 13.6 Å². The Bertz CT molecular complexity index is 765. The number of hydrogen-bond acceptors (Lipinski definition) is 2. The maximum absolute atomic E-state index is 13.3. The molecule has 132 valence electrons. The maximum Gasteiger partial charge on any atom is 0.323 e. The van der Waals surface area contributed by atoms with Crippen LogP contribution in [0.15, 0.2) is 42.5 Å². The summed E-state index contributed by atoms with van der Waals surface area (Å²) in [6, 6.07) is 11.3. The Hall–Kier alpha value is -2.08. The first-order valence-corrected chi connectivity index (χ1v) is 9.24. The number of benzene rings is 2. The summed E-state index contributed by atoms with van der Waals surface area (Å²) in [6.45, 7) is 4.89. The van der Waals surface area contributed by atoms with Gasteiger partial charge in [-0.1, -0.05) is 38.1 Å². The van der Waals surface area contributed by atoms with E-state index < -0.39 is 11.6 Å². The molecule has 1 aliphatic heterocycles. The fourth-order valence-electron chi connectivity index (χ4n) is 2.77. The molecule has 2 aromatic carbocycles. The maximum atomic E-state index is 13.3. The van der Waals surface area contributed by atoms with Gasteiger partial charge >= 0.3 is 6.03 Å². The average Bonchev–Trinajstić information content (AvgIpc) is 3.08. The number of nitrogens with zero attached hydrogens (tertiary/aromatic N) is 1. The van der Waals surface area contributed by atoms with E-state index in [1.165, 1.54) is 11.6 Å². The number of halogens is 2. The summed E-state index contributed by atoms with van der Waals surface area (Å²) in [5, 5.41) is 2.57. The molecule has 1 unspecified atom stereocenters. The predicted octanol–water partition coefficient (Wildman–Crippen LogP) is 5.37. The van der Waals surface area contributed by atoms with Crippen molar-refractivity contribution in [2.75, 3.05) is 17.6 Å². The van der Waals surface area contributed by atoms with Crippen LogP contribution in [0, 0.1) is 11.6 Å². The van der Waals surface area contributed by atoms with E-state index in [-0.39, 0.29) is 17.1 Å². The number of nitrogens with one attached hydrogen (secondary N) is 1. The number of amides is 2. The molecule has 0 radical (unpaired) electrons. The van der Waals surface area contributed by atoms with Gasteiger partial charge in [0.1, 0.15) is 5.37 Å². The molecule has 0 bridgehead atoms. The second-order valence-corrected chi connectivity index (χ2v) is 7.49. The predicted molar refractivity (Wildman–Crippen MR) is 97.8 cm³/mol. The van der Waals surface area contributed by atoms with Crippen LogP contribution in [-0.4, -0.2) is 23.2 Å². The van der Waals surface area contributed by atoms with Crippen molar-refractivity contribution in [3.8, 4) is 0 Å². The summed E-state index contributed by atoms with van der Waals surface area (Å²) in [7, 11) is 0. The summed E-state index contributed by atoms with van der Waals surface area (Å²) in [4.78, 5) is 14.3. The Balaban J connectivity index is 1.74. The highest BCUT2D eigenvalue weighted by molar-refractivity contribution is 7.99. The largest absolute Gasteiger partial charge is 0.323 e. The van der Waals surface area contributed by atoms with E-state index in [1.807, 2.05) is 0 Å². The van der Waals surface area contributed by atoms with Gasteiger partial charge in [-0.3, -0.25) is 0 Å². The lowest BCUT2D eigenvalue weighted by Gasteiger charge is -2.24. The van der Waals surface area contributed by atoms with Crippen molar-refractivity contribution in [2.24, 2.45) is 0 Å². The van der Waals surface area contributed by atoms with Crippen molar-refractivity contribution in [1.82, 2.24) is 4.90 Å². The number of hydrogen-bond donors (Lipinski definition) is 1. The first-order chi connectivity index (χ1) is 12.0. The van der Waals surface area contributed by atoms with E-state index in [2.05, 4.69) is 43.4 Å². The third-order valence-electron chi connectivity index (χ3n) is 4.21. The third kappa shape index (κ3) is 3.95. The summed E-state index contributed by atoms with van der Waals surface area (Å²) >= 11 is 1.69. The summed E-state index contributed by atoms with van der Waals surface area (Å²) in [5.74, 6) is -0.618. The van der Waals surface area contributed by atoms with Crippen molar-refractivity contribution in [1.29, 1.82) is 0 Å². The molecule has 1 heterocycles. The minimum Gasteiger partial charge on any atom is -0.308 e. The van der Waals surface area contributed by atoms with Crippen molar-refractivity contribution >= 4 is 23.5 Å². The van der Waals surface area contributed by atoms with Crippen LogP contribution in [0.5, 0.6) is 0 Å². The molecule has 0 spiro atoms. The van der Waals surface area contributed by atoms with Gasteiger partial charge in [0.2, 0.25) is 0 Å². The van der Waals surface area contributed by atoms with Crippen LogP contribution in [0.1, 0.15) is 36.3 Å². The molecule has 0 aromatic heterocycles. The highest BCUT2D eigenvalue weighted by Crippen LogP contribution is 2.38. The average molecular weight is 362 g/mol. The Morgan fingerprint density at radius 2 is 1.88 bits per heavy atom. The van der Waals surface area contributed by atoms with Crippen LogP contribution in [0.25, 0.3) is 0 Å². The van der Waals surface area contributed by atoms with Crippen LogP contribution < -0.4 is 5.32 Å². The van der Waals surface area contributed by atoms with Crippen molar-refractivity contribution in [2.45, 2.75) is 25.1 Å². The molecule has 1 saturated heterocycles. The number of carbonyl (C=O) groups is 1. The summed E-state index contributed by atoms with van der Waals surface area (Å²) < 4.78 is 26.3. The molecule has 2 aromatic rings. The van der Waals surface area contributed by atoms with Crippen LogP contribution in [0.3, 0.4) is 0 Å². The minimum absolute atomic E-state index is 0.0773. The van der Waals surface area contributed by atoms with Gasteiger partial charge in [-0.15, -0.1) is 11.8 Å². The molecular weight excluding hydrogens is 342 g/mol. The van der Waals surface area contributed by atoms with Crippen molar-refractivity contribution in [3.63, 3.8) is 0 Å². The Kier molecular flexibility index (Phi) is 5.27. The minimum atomic E-state index is -0.977. The highest BCUT2D eigenvalue weighted by Gasteiger charge is 2.30. The molecular formula is C19H20F2N2OS. The number of thioether (sulfide) groups is 1. The molecule has 1 aliphatic rings. The van der Waals surface area contributed by atoms with Crippen LogP contribution in [-0.2, 0) is 0 Å². The van der Waals surface area contributed by atoms with Crippen molar-refractivity contribution in [3.05, 3.63) is 65.2 Å². The Labute approximate surface area is 150 Å². The monoisotopic (exact) mass is 362 g/mol. The lowest BCUT2D eigenvalue weighted by molar-refractivity contribution is 0.214. The van der Waals surface area contributed by atoms with Gasteiger partial charge in [-0.05, 0) is 29.2 Å². The van der Waals surface area contributed by atoms with Crippen LogP contribution >= 0.6 is 11.8 Å². The third-order valence-corrected chi connectivity index (χ3v) is 5.47. The smallest absolute Gasteiger partial charge is 0.308 e. The second-order valence-electron chi connectivity index (χ2n) is 6.30. The van der Waals surface area contributed by atoms with Crippen LogP contribution in [0.2, 0.25) is 0 Å². The number of rotatable bonds is 3. The van der Waals surface area contributed by atoms with Gasteiger partial charge in [-0.2, -0.15) is 0 Å². The lowest BCUT2D eigenvalue weighted by Crippen LogP contribution is -2.34. The first-order valence-electron chi connectivity index (χ1n) is 8.20. The molecule has 1 atom stereocenters. The second kappa shape index (κ2) is 7.44. The van der Waals surface area contributed by atoms with E-state index in [4.69, 9.17) is 0 Å². The normalized spacial score (nSPS) is 17.2. The number of carbonyl (C=O) groups excluding carboxylic acids is 1. The quantitative estimate of drug-likeness (QED) is 0.796. The van der Waals surface area contributed by atoms with Gasteiger partial charge in [0.15, 0.2) is 11.6 Å². The highest BCUT2D eigenvalue weighted by atomic mass is 32.2. The Morgan fingerprint density at radius 3 is 2.52 bits per heavy atom. The molecule has 2 amide bonds. The van der Waals surface area contributed by atoms with E-state index in [0.717, 1.165) is 23.4 Å². The number of anilines is 1. The first kappa shape index (κ1) is 17.7. The van der Waals surface area contributed by atoms with E-state index >= 15 is 0 Å². The summed E-state index contributed by atoms with van der Waals surface area (Å²) in [5.41, 5.74) is 2.56. The molecule has 3 rings (SSSR count). The topological polar surface area (TPSA) is 32.3 Å². The Morgan fingerprint density at radius 1 is 1.16 bits per heavy atom. The zero-order valence-electron chi connectivity index (χ0n) is 14.1. The van der Waals surface area contributed by atoms with Gasteiger partial charge < -0.3 is 10.2 Å². The molecule has 1 N–H and O–H groups in total. The number of urea groups is 1. The lowest BCUT2D eigenvalue weighted by atomic mass is 10.0. The molecule has 0 aliphatic carbocycles. The van der Waals surface area contributed by atoms with E-state index in [1.54, 1.807) is 16.7 Å². The standard InChI is InChI=1S/C19H20F2N2OS/c1-12(2)13-3-5-14(6-4-13)18-23(9-10-25-18)19(24)22-15-7-8-16(20)17(21)11-15/h3-8,11-12,18H,9-10H2,1-2H3,(H,22,24). The van der Waals surface area contributed by atoms with Gasteiger partial charge in [0.05, 0.1) is 0 Å². The van der Waals surface area contributed by atoms with Gasteiger partial charge in [-0.25, -0.2) is 13.6 Å². The molecule has 25 heavy (non-hydrogen) atoms. The summed E-state index contributed by atoms with van der Waals surface area (Å²) in [6.07, 6.45) is 0. The van der Waals surface area contributed by atoms with Crippen LogP contribution in [0.4, 0.5) is 19.3 Å². The fraction of sp³-hybridized carbons (Fsp3) is 0.316. The van der Waals surface area contributed by atoms with E-state index in [0.29, 0.717) is 12.5 Å².